The molecule has 0 saturated heterocycles. The molecule has 0 heterocycles. The summed E-state index contributed by atoms with van der Waals surface area (Å²) in [4.78, 5) is 0. The van der Waals surface area contributed by atoms with Gasteiger partial charge in [-0.2, -0.15) is 0 Å². The van der Waals surface area contributed by atoms with Gasteiger partial charge in [-0.3, -0.25) is 0 Å². The number of alkyl halides is 2. The lowest BCUT2D eigenvalue weighted by Gasteiger charge is -2.16. The first-order valence-corrected chi connectivity index (χ1v) is 8.48. The Balaban J connectivity index is 2.18. The van der Waals surface area contributed by atoms with Gasteiger partial charge in [-0.05, 0) is 12.3 Å². The maximum Gasteiger partial charge on any atom is 0.251 e. The average molecular weight is 274 g/mol. The van der Waals surface area contributed by atoms with Crippen LogP contribution in [0.2, 0.25) is 0 Å². The van der Waals surface area contributed by atoms with E-state index >= 15 is 0 Å². The van der Waals surface area contributed by atoms with E-state index in [4.69, 9.17) is 0 Å². The van der Waals surface area contributed by atoms with Crippen LogP contribution in [0.5, 0.6) is 0 Å². The Morgan fingerprint density at radius 1 is 0.895 bits per heavy atom. The van der Waals surface area contributed by atoms with E-state index in [1.165, 1.54) is 64.2 Å². The zero-order valence-corrected chi connectivity index (χ0v) is 12.9. The topological polar surface area (TPSA) is 0 Å². The van der Waals surface area contributed by atoms with E-state index in [-0.39, 0.29) is 12.3 Å². The van der Waals surface area contributed by atoms with Crippen LogP contribution in [-0.4, -0.2) is 5.92 Å². The largest absolute Gasteiger partial charge is 0.251 e. The molecule has 0 aliphatic heterocycles. The summed E-state index contributed by atoms with van der Waals surface area (Å²) in [7, 11) is 0. The number of halogens is 2. The van der Waals surface area contributed by atoms with Gasteiger partial charge < -0.3 is 0 Å². The molecule has 0 nitrogen and oxygen atoms in total. The summed E-state index contributed by atoms with van der Waals surface area (Å²) in [5.74, 6) is -2.03. The van der Waals surface area contributed by atoms with Crippen LogP contribution in [0.3, 0.4) is 0 Å². The smallest absolute Gasteiger partial charge is 0.207 e. The van der Waals surface area contributed by atoms with E-state index in [0.717, 1.165) is 6.42 Å². The van der Waals surface area contributed by atoms with Crippen LogP contribution < -0.4 is 0 Å². The summed E-state index contributed by atoms with van der Waals surface area (Å²) in [5, 5.41) is 0. The Kier molecular flexibility index (Phi) is 7.94. The number of hydrogen-bond donors (Lipinski definition) is 0. The Hall–Kier alpha value is -0.140. The molecule has 0 aromatic carbocycles. The summed E-state index contributed by atoms with van der Waals surface area (Å²) in [6, 6.07) is 0. The van der Waals surface area contributed by atoms with Crippen LogP contribution in [-0.2, 0) is 0 Å². The van der Waals surface area contributed by atoms with Crippen molar-refractivity contribution in [3.8, 4) is 0 Å². The molecule has 0 N–H and O–H groups in total. The van der Waals surface area contributed by atoms with Crippen molar-refractivity contribution >= 4 is 0 Å². The van der Waals surface area contributed by atoms with Gasteiger partial charge in [-0.25, -0.2) is 8.78 Å². The van der Waals surface area contributed by atoms with Crippen molar-refractivity contribution in [2.24, 2.45) is 11.8 Å². The monoisotopic (exact) mass is 274 g/mol. The van der Waals surface area contributed by atoms with Gasteiger partial charge in [-0.15, -0.1) is 0 Å². The van der Waals surface area contributed by atoms with Crippen LogP contribution in [0.15, 0.2) is 0 Å². The van der Waals surface area contributed by atoms with Gasteiger partial charge >= 0.3 is 0 Å². The van der Waals surface area contributed by atoms with E-state index < -0.39 is 5.92 Å². The summed E-state index contributed by atoms with van der Waals surface area (Å²) >= 11 is 0. The molecule has 1 fully saturated rings. The van der Waals surface area contributed by atoms with Crippen molar-refractivity contribution in [2.45, 2.75) is 96.8 Å². The van der Waals surface area contributed by atoms with E-state index in [2.05, 4.69) is 13.8 Å². The minimum Gasteiger partial charge on any atom is -0.207 e. The normalized spacial score (nSPS) is 21.0. The van der Waals surface area contributed by atoms with Crippen molar-refractivity contribution in [1.29, 1.82) is 0 Å². The molecule has 1 aliphatic rings. The predicted octanol–water partition coefficient (Wildman–Crippen LogP) is 6.59. The molecule has 1 aliphatic carbocycles. The van der Waals surface area contributed by atoms with Gasteiger partial charge in [-0.1, -0.05) is 78.1 Å². The fraction of sp³-hybridized carbons (Fsp3) is 1.00. The van der Waals surface area contributed by atoms with Crippen LogP contribution >= 0.6 is 0 Å². The lowest BCUT2D eigenvalue weighted by Crippen LogP contribution is -2.05. The first-order valence-electron chi connectivity index (χ1n) is 8.48. The van der Waals surface area contributed by atoms with E-state index in [1.54, 1.807) is 0 Å². The molecule has 2 heteroatoms. The summed E-state index contributed by atoms with van der Waals surface area (Å²) in [6.45, 7) is 4.43. The Labute approximate surface area is 118 Å². The van der Waals surface area contributed by atoms with Gasteiger partial charge in [0.05, 0.1) is 0 Å². The van der Waals surface area contributed by atoms with Gasteiger partial charge in [0.15, 0.2) is 0 Å². The molecule has 1 rings (SSSR count). The lowest BCUT2D eigenvalue weighted by molar-refractivity contribution is 0.0917. The maximum atomic E-state index is 13.0. The second-order valence-electron chi connectivity index (χ2n) is 6.46. The number of rotatable bonds is 12. The quantitative estimate of drug-likeness (QED) is 0.352. The predicted molar refractivity (Wildman–Crippen MR) is 78.7 cm³/mol. The van der Waals surface area contributed by atoms with Crippen molar-refractivity contribution in [3.63, 3.8) is 0 Å². The first kappa shape index (κ1) is 16.9. The molecule has 0 radical (unpaired) electrons. The molecular formula is C17H32F2. The van der Waals surface area contributed by atoms with Gasteiger partial charge in [0.25, 0.3) is 5.92 Å². The van der Waals surface area contributed by atoms with Crippen molar-refractivity contribution in [2.75, 3.05) is 0 Å². The highest BCUT2D eigenvalue weighted by Crippen LogP contribution is 2.52. The number of unbranched alkanes of at least 4 members (excludes halogenated alkanes) is 6. The van der Waals surface area contributed by atoms with Crippen LogP contribution in [0, 0.1) is 11.8 Å². The number of hydrogen-bond acceptors (Lipinski definition) is 0. The third-order valence-corrected chi connectivity index (χ3v) is 4.51. The second-order valence-corrected chi connectivity index (χ2v) is 6.46. The summed E-state index contributed by atoms with van der Waals surface area (Å²) in [6.07, 6.45) is 13.4. The SMILES string of the molecule is CCCCCCC(CCCCCC)CC1CC1(F)F. The van der Waals surface area contributed by atoms with Crippen molar-refractivity contribution < 1.29 is 8.78 Å². The zero-order chi connectivity index (χ0) is 14.1. The zero-order valence-electron chi connectivity index (χ0n) is 12.9. The summed E-state index contributed by atoms with van der Waals surface area (Å²) < 4.78 is 26.1. The fourth-order valence-corrected chi connectivity index (χ4v) is 3.03. The molecule has 19 heavy (non-hydrogen) atoms. The molecular weight excluding hydrogens is 242 g/mol. The second kappa shape index (κ2) is 8.92. The molecule has 0 aromatic heterocycles. The van der Waals surface area contributed by atoms with Crippen LogP contribution in [0.1, 0.15) is 90.9 Å². The van der Waals surface area contributed by atoms with Gasteiger partial charge in [0, 0.05) is 12.3 Å². The molecule has 0 spiro atoms. The fourth-order valence-electron chi connectivity index (χ4n) is 3.03. The third-order valence-electron chi connectivity index (χ3n) is 4.51. The molecule has 0 bridgehead atoms. The Morgan fingerprint density at radius 3 is 1.74 bits per heavy atom. The first-order chi connectivity index (χ1) is 9.10. The van der Waals surface area contributed by atoms with Gasteiger partial charge in [0.1, 0.15) is 0 Å². The highest BCUT2D eigenvalue weighted by Gasteiger charge is 2.56. The lowest BCUT2D eigenvalue weighted by atomic mass is 9.90. The van der Waals surface area contributed by atoms with Gasteiger partial charge in [0.2, 0.25) is 0 Å². The maximum absolute atomic E-state index is 13.0. The van der Waals surface area contributed by atoms with Crippen LogP contribution in [0.25, 0.3) is 0 Å². The highest BCUT2D eigenvalue weighted by atomic mass is 19.3. The molecule has 114 valence electrons. The van der Waals surface area contributed by atoms with E-state index in [9.17, 15) is 8.78 Å². The van der Waals surface area contributed by atoms with E-state index in [0.29, 0.717) is 5.92 Å². The minimum atomic E-state index is -2.31. The molecule has 0 aromatic rings. The minimum absolute atomic E-state index is 0.160. The van der Waals surface area contributed by atoms with Crippen molar-refractivity contribution in [1.82, 2.24) is 0 Å². The van der Waals surface area contributed by atoms with Crippen molar-refractivity contribution in [3.05, 3.63) is 0 Å². The molecule has 0 amide bonds. The molecule has 1 unspecified atom stereocenters. The van der Waals surface area contributed by atoms with E-state index in [1.807, 2.05) is 0 Å². The standard InChI is InChI=1S/C17H32F2/c1-3-5-7-9-11-15(12-10-8-6-4-2)13-16-14-17(16,18)19/h15-16H,3-14H2,1-2H3. The van der Waals surface area contributed by atoms with Crippen LogP contribution in [0.4, 0.5) is 8.78 Å². The Bertz CT molecular complexity index is 213. The Morgan fingerprint density at radius 2 is 1.37 bits per heavy atom. The molecule has 1 saturated carbocycles. The highest BCUT2D eigenvalue weighted by molar-refractivity contribution is 4.95. The average Bonchev–Trinajstić information content (AvgIpc) is 2.97. The molecule has 1 atom stereocenters. The summed E-state index contributed by atoms with van der Waals surface area (Å²) in [5.41, 5.74) is 0. The third kappa shape index (κ3) is 7.27.